The van der Waals surface area contributed by atoms with Crippen LogP contribution in [-0.2, 0) is 11.2 Å². The van der Waals surface area contributed by atoms with E-state index in [2.05, 4.69) is 6.58 Å². The molecule has 0 amide bonds. The minimum absolute atomic E-state index is 0.383. The van der Waals surface area contributed by atoms with Gasteiger partial charge in [-0.25, -0.2) is 4.79 Å². The zero-order valence-electron chi connectivity index (χ0n) is 11.0. The van der Waals surface area contributed by atoms with Gasteiger partial charge in [0.15, 0.2) is 6.10 Å². The van der Waals surface area contributed by atoms with Gasteiger partial charge in [0.25, 0.3) is 0 Å². The number of benzene rings is 2. The predicted molar refractivity (Wildman–Crippen MR) is 78.4 cm³/mol. The van der Waals surface area contributed by atoms with Crippen LogP contribution in [-0.4, -0.2) is 16.2 Å². The summed E-state index contributed by atoms with van der Waals surface area (Å²) in [6.45, 7) is 3.72. The van der Waals surface area contributed by atoms with Crippen LogP contribution < -0.4 is 0 Å². The summed E-state index contributed by atoms with van der Waals surface area (Å²) in [5, 5.41) is 18.5. The molecular formula is C17H16O3. The summed E-state index contributed by atoms with van der Waals surface area (Å²) in [6, 6.07) is 15.1. The number of aliphatic carboxylic acids is 1. The molecule has 3 heteroatoms. The molecule has 0 heterocycles. The predicted octanol–water partition coefficient (Wildman–Crippen LogP) is 3.20. The maximum absolute atomic E-state index is 10.9. The lowest BCUT2D eigenvalue weighted by Gasteiger charge is -2.12. The van der Waals surface area contributed by atoms with Crippen LogP contribution >= 0.6 is 0 Å². The van der Waals surface area contributed by atoms with Crippen molar-refractivity contribution in [2.45, 2.75) is 12.5 Å². The molecule has 2 aromatic rings. The summed E-state index contributed by atoms with van der Waals surface area (Å²) < 4.78 is 0. The Morgan fingerprint density at radius 2 is 1.90 bits per heavy atom. The molecule has 0 radical (unpaired) electrons. The molecule has 2 rings (SSSR count). The van der Waals surface area contributed by atoms with Crippen molar-refractivity contribution in [2.75, 3.05) is 0 Å². The Labute approximate surface area is 117 Å². The first-order valence-electron chi connectivity index (χ1n) is 6.33. The van der Waals surface area contributed by atoms with E-state index in [-0.39, 0.29) is 0 Å². The van der Waals surface area contributed by atoms with Crippen LogP contribution in [0.2, 0.25) is 0 Å². The van der Waals surface area contributed by atoms with Gasteiger partial charge in [0.1, 0.15) is 0 Å². The number of aliphatic hydroxyl groups excluding tert-OH is 1. The van der Waals surface area contributed by atoms with E-state index in [1.165, 1.54) is 0 Å². The Morgan fingerprint density at radius 3 is 2.50 bits per heavy atom. The van der Waals surface area contributed by atoms with Crippen molar-refractivity contribution < 1.29 is 15.0 Å². The molecule has 0 saturated carbocycles. The van der Waals surface area contributed by atoms with Crippen LogP contribution in [0.3, 0.4) is 0 Å². The highest BCUT2D eigenvalue weighted by molar-refractivity contribution is 5.75. The van der Waals surface area contributed by atoms with Crippen molar-refractivity contribution in [1.29, 1.82) is 0 Å². The molecule has 0 aliphatic rings. The molecule has 0 bridgehead atoms. The summed E-state index contributed by atoms with van der Waals surface area (Å²) in [6.07, 6.45) is 0.881. The Balaban J connectivity index is 2.48. The lowest BCUT2D eigenvalue weighted by atomic mass is 9.94. The van der Waals surface area contributed by atoms with Crippen LogP contribution in [0.5, 0.6) is 0 Å². The average molecular weight is 268 g/mol. The van der Waals surface area contributed by atoms with Crippen LogP contribution in [0, 0.1) is 0 Å². The second-order valence-corrected chi connectivity index (χ2v) is 4.52. The van der Waals surface area contributed by atoms with Crippen LogP contribution in [0.15, 0.2) is 61.2 Å². The van der Waals surface area contributed by atoms with Gasteiger partial charge in [-0.1, -0.05) is 54.6 Å². The maximum Gasteiger partial charge on any atom is 0.337 e. The monoisotopic (exact) mass is 268 g/mol. The van der Waals surface area contributed by atoms with Crippen molar-refractivity contribution in [3.8, 4) is 11.1 Å². The molecule has 0 aliphatic heterocycles. The Kier molecular flexibility index (Phi) is 4.33. The standard InChI is InChI=1S/C17H16O3/c1-2-6-13-11-14(16(18)17(19)20)9-10-15(13)12-7-4-3-5-8-12/h2-5,7-11,16,18H,1,6H2,(H,19,20). The summed E-state index contributed by atoms with van der Waals surface area (Å²) in [5.41, 5.74) is 3.41. The second-order valence-electron chi connectivity index (χ2n) is 4.52. The van der Waals surface area contributed by atoms with Crippen molar-refractivity contribution >= 4 is 5.97 Å². The fraction of sp³-hybridized carbons (Fsp3) is 0.118. The van der Waals surface area contributed by atoms with Crippen molar-refractivity contribution in [3.05, 3.63) is 72.3 Å². The summed E-state index contributed by atoms with van der Waals surface area (Å²) in [4.78, 5) is 10.9. The molecule has 102 valence electrons. The fourth-order valence-electron chi connectivity index (χ4n) is 2.15. The van der Waals surface area contributed by atoms with Crippen molar-refractivity contribution in [1.82, 2.24) is 0 Å². The third kappa shape index (κ3) is 2.95. The molecule has 2 aromatic carbocycles. The topological polar surface area (TPSA) is 57.5 Å². The number of carboxylic acid groups (broad SMARTS) is 1. The number of allylic oxidation sites excluding steroid dienone is 1. The number of aliphatic hydroxyl groups is 1. The third-order valence-corrected chi connectivity index (χ3v) is 3.13. The highest BCUT2D eigenvalue weighted by Crippen LogP contribution is 2.27. The zero-order valence-corrected chi connectivity index (χ0v) is 11.0. The summed E-state index contributed by atoms with van der Waals surface area (Å²) in [7, 11) is 0. The van der Waals surface area contributed by atoms with E-state index in [4.69, 9.17) is 5.11 Å². The van der Waals surface area contributed by atoms with Gasteiger partial charge in [-0.15, -0.1) is 6.58 Å². The van der Waals surface area contributed by atoms with E-state index in [1.54, 1.807) is 18.2 Å². The SMILES string of the molecule is C=CCc1cc(C(O)C(=O)O)ccc1-c1ccccc1. The van der Waals surface area contributed by atoms with Gasteiger partial charge in [0.2, 0.25) is 0 Å². The molecule has 0 aliphatic carbocycles. The highest BCUT2D eigenvalue weighted by Gasteiger charge is 2.17. The van der Waals surface area contributed by atoms with E-state index in [9.17, 15) is 9.90 Å². The molecule has 0 spiro atoms. The van der Waals surface area contributed by atoms with Crippen LogP contribution in [0.4, 0.5) is 0 Å². The summed E-state index contributed by atoms with van der Waals surface area (Å²) in [5.74, 6) is -1.25. The van der Waals surface area contributed by atoms with E-state index in [1.807, 2.05) is 36.4 Å². The van der Waals surface area contributed by atoms with Crippen molar-refractivity contribution in [2.24, 2.45) is 0 Å². The second kappa shape index (κ2) is 6.17. The number of hydrogen-bond donors (Lipinski definition) is 2. The van der Waals surface area contributed by atoms with Gasteiger partial charge >= 0.3 is 5.97 Å². The first-order chi connectivity index (χ1) is 9.63. The first-order valence-corrected chi connectivity index (χ1v) is 6.33. The van der Waals surface area contributed by atoms with Gasteiger partial charge in [0.05, 0.1) is 0 Å². The molecular weight excluding hydrogens is 252 g/mol. The fourth-order valence-corrected chi connectivity index (χ4v) is 2.15. The Bertz CT molecular complexity index is 617. The minimum atomic E-state index is -1.50. The van der Waals surface area contributed by atoms with Gasteiger partial charge in [0, 0.05) is 0 Å². The van der Waals surface area contributed by atoms with E-state index < -0.39 is 12.1 Å². The van der Waals surface area contributed by atoms with Gasteiger partial charge < -0.3 is 10.2 Å². The number of carbonyl (C=O) groups is 1. The molecule has 1 atom stereocenters. The molecule has 1 unspecified atom stereocenters. The number of rotatable bonds is 5. The number of hydrogen-bond acceptors (Lipinski definition) is 2. The maximum atomic E-state index is 10.9. The van der Waals surface area contributed by atoms with E-state index in [0.717, 1.165) is 16.7 Å². The summed E-state index contributed by atoms with van der Waals surface area (Å²) >= 11 is 0. The van der Waals surface area contributed by atoms with Crippen LogP contribution in [0.25, 0.3) is 11.1 Å². The normalized spacial score (nSPS) is 11.8. The smallest absolute Gasteiger partial charge is 0.337 e. The van der Waals surface area contributed by atoms with Gasteiger partial charge in [-0.2, -0.15) is 0 Å². The van der Waals surface area contributed by atoms with Crippen molar-refractivity contribution in [3.63, 3.8) is 0 Å². The highest BCUT2D eigenvalue weighted by atomic mass is 16.4. The largest absolute Gasteiger partial charge is 0.479 e. The average Bonchev–Trinajstić information content (AvgIpc) is 2.47. The zero-order chi connectivity index (χ0) is 14.5. The van der Waals surface area contributed by atoms with Gasteiger partial charge in [-0.3, -0.25) is 0 Å². The Morgan fingerprint density at radius 1 is 1.20 bits per heavy atom. The van der Waals surface area contributed by atoms with E-state index >= 15 is 0 Å². The Hall–Kier alpha value is -2.39. The third-order valence-electron chi connectivity index (χ3n) is 3.13. The molecule has 0 fully saturated rings. The molecule has 20 heavy (non-hydrogen) atoms. The first kappa shape index (κ1) is 14.0. The van der Waals surface area contributed by atoms with Crippen LogP contribution in [0.1, 0.15) is 17.2 Å². The minimum Gasteiger partial charge on any atom is -0.479 e. The quantitative estimate of drug-likeness (QED) is 0.819. The van der Waals surface area contributed by atoms with E-state index in [0.29, 0.717) is 12.0 Å². The molecule has 0 saturated heterocycles. The molecule has 3 nitrogen and oxygen atoms in total. The number of carboxylic acids is 1. The molecule has 0 aromatic heterocycles. The molecule has 2 N–H and O–H groups in total. The lowest BCUT2D eigenvalue weighted by Crippen LogP contribution is -2.10. The van der Waals surface area contributed by atoms with Gasteiger partial charge in [-0.05, 0) is 28.7 Å². The lowest BCUT2D eigenvalue weighted by molar-refractivity contribution is -0.146.